The van der Waals surface area contributed by atoms with Crippen molar-refractivity contribution < 1.29 is 63.3 Å². The van der Waals surface area contributed by atoms with Crippen molar-refractivity contribution in [3.8, 4) is 0 Å². The number of fused-ring (bicyclic) bond motifs is 12. The van der Waals surface area contributed by atoms with Crippen LogP contribution in [0.25, 0.3) is 0 Å². The highest BCUT2D eigenvalue weighted by atomic mass is 35.5. The Bertz CT molecular complexity index is 3600. The Kier molecular flexibility index (Phi) is 17.3. The van der Waals surface area contributed by atoms with Crippen molar-refractivity contribution in [3.63, 3.8) is 0 Å². The van der Waals surface area contributed by atoms with Crippen LogP contribution in [0.1, 0.15) is 90.1 Å². The van der Waals surface area contributed by atoms with Crippen LogP contribution in [0.2, 0.25) is 26.2 Å². The van der Waals surface area contributed by atoms with E-state index in [9.17, 15) is 34.8 Å². The number of β-amino-alcohol motifs (C(OH)–C–C–N with tert-alkyl or cyclic N) is 4. The second kappa shape index (κ2) is 24.9. The van der Waals surface area contributed by atoms with E-state index >= 15 is 0 Å². The van der Waals surface area contributed by atoms with E-state index in [-0.39, 0.29) is 42.4 Å². The second-order valence-electron chi connectivity index (χ2n) is 25.5. The molecule has 0 aromatic heterocycles. The number of carbonyl (C=O) groups is 3. The third-order valence-electron chi connectivity index (χ3n) is 19.1. The van der Waals surface area contributed by atoms with Gasteiger partial charge >= 0.3 is 18.1 Å². The monoisotopic (exact) mass is 1260 g/mol. The van der Waals surface area contributed by atoms with E-state index < -0.39 is 33.3 Å². The van der Waals surface area contributed by atoms with Gasteiger partial charge in [0.05, 0.1) is 55.4 Å². The second-order valence-corrected chi connectivity index (χ2v) is 34.6. The van der Waals surface area contributed by atoms with Gasteiger partial charge in [0.1, 0.15) is 16.1 Å². The van der Waals surface area contributed by atoms with Crippen LogP contribution in [0.5, 0.6) is 0 Å². The molecular weight excluding hydrogens is 1190 g/mol. The van der Waals surface area contributed by atoms with Crippen molar-refractivity contribution in [1.29, 1.82) is 0 Å². The van der Waals surface area contributed by atoms with E-state index in [1.165, 1.54) is 10.4 Å². The Morgan fingerprint density at radius 2 is 0.899 bits per heavy atom. The minimum absolute atomic E-state index is 0.250. The number of carbonyl (C=O) groups excluding carboxylic acids is 5. The first-order valence-electron chi connectivity index (χ1n) is 30.9. The minimum Gasteiger partial charge on any atom is -0.441 e. The topological polar surface area (TPSA) is 228 Å². The fourth-order valence-corrected chi connectivity index (χ4v) is 20.7. The smallest absolute Gasteiger partial charge is 0.373 e. The molecule has 5 N–H and O–H groups in total. The maximum absolute atomic E-state index is 13.7. The van der Waals surface area contributed by atoms with Gasteiger partial charge in [-0.25, -0.2) is 9.59 Å². The number of alkyl halides is 1. The molecule has 21 heteroatoms. The molecule has 8 aliphatic heterocycles. The summed E-state index contributed by atoms with van der Waals surface area (Å²) in [6.07, 6.45) is 3.29. The van der Waals surface area contributed by atoms with Gasteiger partial charge in [-0.05, 0) is 106 Å². The molecule has 1 amide bonds. The van der Waals surface area contributed by atoms with Gasteiger partial charge in [-0.2, -0.15) is 9.59 Å². The van der Waals surface area contributed by atoms with Crippen molar-refractivity contribution in [1.82, 2.24) is 5.32 Å². The zero-order valence-electron chi connectivity index (χ0n) is 50.6. The molecule has 14 rings (SSSR count). The van der Waals surface area contributed by atoms with Gasteiger partial charge in [0.25, 0.3) is 5.91 Å². The molecule has 0 radical (unpaired) electrons. The number of benzene rings is 6. The highest BCUT2D eigenvalue weighted by Crippen LogP contribution is 2.52. The lowest BCUT2D eigenvalue weighted by atomic mass is 9.78. The Hall–Kier alpha value is -7.21. The summed E-state index contributed by atoms with van der Waals surface area (Å²) in [5, 5.41) is 47.6. The SMILES string of the molecule is C[Si]1(C)c2cc(N3CC(O)C3)ccc2C2(OC(=O)c3ccc(C(=O)NCCOCCOCCCCCCCl)cc32)c2ccc(N3CC(O)C3)cc21.C[Si]1(C)c2cc(N3CC(O)C3)ccc2C2(OC(=O)c3ccccc32)c2ccc(N3CC(O)C3)cc21.O=C=O. The molecule has 466 valence electrons. The molecule has 8 aliphatic rings. The summed E-state index contributed by atoms with van der Waals surface area (Å²) in [7, 11) is -4.59. The van der Waals surface area contributed by atoms with E-state index in [2.05, 4.69) is 124 Å². The summed E-state index contributed by atoms with van der Waals surface area (Å²) in [5.74, 6) is -0.265. The van der Waals surface area contributed by atoms with Crippen molar-refractivity contribution in [2.24, 2.45) is 0 Å². The van der Waals surface area contributed by atoms with E-state index in [0.717, 1.165) is 86.6 Å². The fourth-order valence-electron chi connectivity index (χ4n) is 14.2. The van der Waals surface area contributed by atoms with Crippen molar-refractivity contribution >= 4 is 95.2 Å². The van der Waals surface area contributed by atoms with Gasteiger partial charge in [-0.15, -0.1) is 11.6 Å². The van der Waals surface area contributed by atoms with Crippen LogP contribution in [-0.2, 0) is 39.7 Å². The number of aliphatic hydroxyl groups is 4. The van der Waals surface area contributed by atoms with Gasteiger partial charge in [-0.3, -0.25) is 4.79 Å². The van der Waals surface area contributed by atoms with Crippen LogP contribution in [0, 0.1) is 0 Å². The zero-order chi connectivity index (χ0) is 62.6. The predicted molar refractivity (Wildman–Crippen MR) is 344 cm³/mol. The molecule has 0 aliphatic carbocycles. The van der Waals surface area contributed by atoms with Gasteiger partial charge in [-0.1, -0.05) is 81.5 Å². The molecule has 0 atom stereocenters. The molecule has 89 heavy (non-hydrogen) atoms. The number of hydrogen-bond acceptors (Lipinski definition) is 17. The quantitative estimate of drug-likeness (QED) is 0.0372. The van der Waals surface area contributed by atoms with Crippen LogP contribution < -0.4 is 45.7 Å². The van der Waals surface area contributed by atoms with E-state index in [0.29, 0.717) is 113 Å². The summed E-state index contributed by atoms with van der Waals surface area (Å²) in [6.45, 7) is 16.6. The number of esters is 2. The average molecular weight is 1260 g/mol. The number of aliphatic hydroxyl groups excluding tert-OH is 4. The van der Waals surface area contributed by atoms with Crippen molar-refractivity contribution in [2.75, 3.05) is 111 Å². The summed E-state index contributed by atoms with van der Waals surface area (Å²) in [5.41, 5.74) is 9.06. The first-order valence-corrected chi connectivity index (χ1v) is 37.4. The largest absolute Gasteiger partial charge is 0.441 e. The lowest BCUT2D eigenvalue weighted by Gasteiger charge is -2.46. The number of nitrogens with one attached hydrogen (secondary N) is 1. The third kappa shape index (κ3) is 11.1. The summed E-state index contributed by atoms with van der Waals surface area (Å²) in [6, 6.07) is 38.6. The Labute approximate surface area is 524 Å². The molecule has 6 aromatic carbocycles. The van der Waals surface area contributed by atoms with Gasteiger partial charge < -0.3 is 64.3 Å². The Morgan fingerprint density at radius 3 is 1.31 bits per heavy atom. The van der Waals surface area contributed by atoms with E-state index in [1.54, 1.807) is 12.1 Å². The third-order valence-corrected chi connectivity index (χ3v) is 26.4. The first kappa shape index (κ1) is 62.0. The fraction of sp³-hybridized carbons (Fsp3) is 0.412. The van der Waals surface area contributed by atoms with Crippen molar-refractivity contribution in [3.05, 3.63) is 165 Å². The van der Waals surface area contributed by atoms with Gasteiger partial charge in [0.15, 0.2) is 11.2 Å². The van der Waals surface area contributed by atoms with E-state index in [4.69, 9.17) is 40.1 Å². The highest BCUT2D eigenvalue weighted by molar-refractivity contribution is 7.02. The molecular formula is C68H76ClN5O13Si2. The summed E-state index contributed by atoms with van der Waals surface area (Å²) in [4.78, 5) is 65.3. The van der Waals surface area contributed by atoms with Gasteiger partial charge in [0, 0.05) is 133 Å². The number of nitrogens with zero attached hydrogens (tertiary/aromatic N) is 4. The Morgan fingerprint density at radius 1 is 0.517 bits per heavy atom. The van der Waals surface area contributed by atoms with E-state index in [1.807, 2.05) is 30.3 Å². The number of halogens is 1. The molecule has 4 saturated heterocycles. The van der Waals surface area contributed by atoms with Gasteiger partial charge in [0.2, 0.25) is 0 Å². The number of ether oxygens (including phenoxy) is 4. The van der Waals surface area contributed by atoms with Crippen LogP contribution in [0.3, 0.4) is 0 Å². The lowest BCUT2D eigenvalue weighted by Crippen LogP contribution is -2.64. The standard InChI is InChI=1S/C39H48ClN3O7Si.C28H28N2O4Si.CO2/c1-51(2)35-20-27(42-22-29(44)23-42)8-11-32(35)39(33-12-9-28(21-36(33)51)43-24-30(45)25-43)34-19-26(7-10-31(34)38(47)50-39)37(46)41-14-16-49-18-17-48-15-6-4-3-5-13-40;1-35(2)25-11-17(29-13-19(31)14-29)7-9-23(25)28(22-6-4-3-5-21(22)27(33)34-28)24-10-8-18(12-26(24)35)30-15-20(32)16-30;2-1-3/h7-12,19-21,29-30,44-45H,3-6,13-18,22-25H2,1-2H3,(H,41,46);3-12,19-20,31-32H,13-16H2,1-2H3;. The molecule has 6 aromatic rings. The molecule has 18 nitrogen and oxygen atoms in total. The highest BCUT2D eigenvalue weighted by Gasteiger charge is 2.58. The zero-order valence-corrected chi connectivity index (χ0v) is 53.4. The maximum Gasteiger partial charge on any atom is 0.373 e. The predicted octanol–water partition coefficient (Wildman–Crippen LogP) is 4.27. The Balaban J connectivity index is 0.000000176. The number of amides is 1. The molecule has 4 fully saturated rings. The first-order chi connectivity index (χ1) is 42.8. The summed E-state index contributed by atoms with van der Waals surface area (Å²) < 4.78 is 24.3. The maximum atomic E-state index is 13.7. The number of anilines is 4. The van der Waals surface area contributed by atoms with Crippen LogP contribution in [-0.4, -0.2) is 176 Å². The van der Waals surface area contributed by atoms with Crippen LogP contribution in [0.4, 0.5) is 22.7 Å². The lowest BCUT2D eigenvalue weighted by molar-refractivity contribution is -0.191. The van der Waals surface area contributed by atoms with Crippen molar-refractivity contribution in [2.45, 2.75) is 87.5 Å². The molecule has 0 saturated carbocycles. The minimum atomic E-state index is -2.39. The molecule has 2 spiro atoms. The molecule has 8 heterocycles. The normalized spacial score (nSPS) is 19.2. The summed E-state index contributed by atoms with van der Waals surface area (Å²) >= 11 is 5.72. The molecule has 0 unspecified atom stereocenters. The number of rotatable bonds is 17. The van der Waals surface area contributed by atoms with Crippen LogP contribution in [0.15, 0.2) is 115 Å². The average Bonchev–Trinajstić information content (AvgIpc) is 1.67. The number of hydrogen-bond donors (Lipinski definition) is 5. The van der Waals surface area contributed by atoms with Crippen LogP contribution >= 0.6 is 11.6 Å². The number of unbranched alkanes of at least 4 members (excludes halogenated alkanes) is 3. The molecule has 0 bridgehead atoms.